The van der Waals surface area contributed by atoms with Gasteiger partial charge in [-0.2, -0.15) is 4.31 Å². The van der Waals surface area contributed by atoms with Gasteiger partial charge in [-0.1, -0.05) is 91.0 Å². The Hall–Kier alpha value is -3.98. The second-order valence-electron chi connectivity index (χ2n) is 10.1. The largest absolute Gasteiger partial charge is 0.497 e. The summed E-state index contributed by atoms with van der Waals surface area (Å²) in [6.45, 7) is 2.29. The molecule has 4 aromatic rings. The van der Waals surface area contributed by atoms with Gasteiger partial charge >= 0.3 is 0 Å². The van der Waals surface area contributed by atoms with E-state index in [1.165, 1.54) is 34.7 Å². The highest BCUT2D eigenvalue weighted by Gasteiger charge is 2.32. The molecule has 4 aromatic carbocycles. The van der Waals surface area contributed by atoms with Crippen molar-refractivity contribution < 1.29 is 17.9 Å². The molecule has 1 fully saturated rings. The van der Waals surface area contributed by atoms with E-state index in [1.807, 2.05) is 42.5 Å². The SMILES string of the molecule is COc1ccc(S(=O)(=O)N(CC(=O)N2CCN(C(c3ccccc3)c3ccccc3)CC2)Cc2ccccc2)cc1. The van der Waals surface area contributed by atoms with E-state index in [4.69, 9.17) is 4.74 Å². The monoisotopic (exact) mass is 569 g/mol. The van der Waals surface area contributed by atoms with E-state index in [0.717, 1.165) is 5.56 Å². The number of benzene rings is 4. The van der Waals surface area contributed by atoms with Crippen LogP contribution >= 0.6 is 0 Å². The molecule has 0 atom stereocenters. The van der Waals surface area contributed by atoms with Crippen molar-refractivity contribution in [2.24, 2.45) is 0 Å². The maximum absolute atomic E-state index is 13.7. The predicted octanol–water partition coefficient (Wildman–Crippen LogP) is 4.82. The van der Waals surface area contributed by atoms with Gasteiger partial charge in [-0.05, 0) is 41.0 Å². The summed E-state index contributed by atoms with van der Waals surface area (Å²) in [6.07, 6.45) is 0. The fraction of sp³-hybridized carbons (Fsp3) is 0.242. The molecule has 1 amide bonds. The number of amides is 1. The van der Waals surface area contributed by atoms with Crippen molar-refractivity contribution >= 4 is 15.9 Å². The highest BCUT2D eigenvalue weighted by molar-refractivity contribution is 7.89. The number of hydrogen-bond donors (Lipinski definition) is 0. The van der Waals surface area contributed by atoms with E-state index in [1.54, 1.807) is 17.0 Å². The van der Waals surface area contributed by atoms with Crippen LogP contribution in [0.2, 0.25) is 0 Å². The molecule has 0 unspecified atom stereocenters. The van der Waals surface area contributed by atoms with E-state index in [-0.39, 0.29) is 29.9 Å². The first-order chi connectivity index (χ1) is 20.0. The Morgan fingerprint density at radius 2 is 1.27 bits per heavy atom. The number of carbonyl (C=O) groups is 1. The summed E-state index contributed by atoms with van der Waals surface area (Å²) in [4.78, 5) is 17.9. The van der Waals surface area contributed by atoms with Gasteiger partial charge in [0.15, 0.2) is 0 Å². The lowest BCUT2D eigenvalue weighted by Gasteiger charge is -2.40. The van der Waals surface area contributed by atoms with E-state index in [9.17, 15) is 13.2 Å². The molecule has 0 N–H and O–H groups in total. The highest BCUT2D eigenvalue weighted by Crippen LogP contribution is 2.29. The number of methoxy groups -OCH3 is 1. The Balaban J connectivity index is 1.32. The summed E-state index contributed by atoms with van der Waals surface area (Å²) in [6, 6.07) is 36.5. The standard InChI is InChI=1S/C33H35N3O4S/c1-40-30-17-19-31(20-18-30)41(38,39)36(25-27-11-5-2-6-12-27)26-32(37)34-21-23-35(24-22-34)33(28-13-7-3-8-14-28)29-15-9-4-10-16-29/h2-20,33H,21-26H2,1H3. The number of carbonyl (C=O) groups excluding carboxylic acids is 1. The first-order valence-electron chi connectivity index (χ1n) is 13.8. The molecular formula is C33H35N3O4S. The van der Waals surface area contributed by atoms with Crippen molar-refractivity contribution in [2.45, 2.75) is 17.5 Å². The molecule has 41 heavy (non-hydrogen) atoms. The first kappa shape index (κ1) is 28.5. The lowest BCUT2D eigenvalue weighted by Crippen LogP contribution is -2.52. The summed E-state index contributed by atoms with van der Waals surface area (Å²) in [5.74, 6) is 0.366. The summed E-state index contributed by atoms with van der Waals surface area (Å²) in [5.41, 5.74) is 3.23. The minimum absolute atomic E-state index is 0.0830. The van der Waals surface area contributed by atoms with Gasteiger partial charge in [-0.15, -0.1) is 0 Å². The predicted molar refractivity (Wildman–Crippen MR) is 160 cm³/mol. The van der Waals surface area contributed by atoms with Crippen LogP contribution in [0.4, 0.5) is 0 Å². The van der Waals surface area contributed by atoms with Crippen molar-refractivity contribution in [1.29, 1.82) is 0 Å². The van der Waals surface area contributed by atoms with Crippen LogP contribution in [0, 0.1) is 0 Å². The van der Waals surface area contributed by atoms with Crippen molar-refractivity contribution in [3.63, 3.8) is 0 Å². The molecule has 5 rings (SSSR count). The summed E-state index contributed by atoms with van der Waals surface area (Å²) in [7, 11) is -2.40. The van der Waals surface area contributed by atoms with Gasteiger partial charge in [0.05, 0.1) is 24.6 Å². The number of piperazine rings is 1. The minimum atomic E-state index is -3.93. The average Bonchev–Trinajstić information content (AvgIpc) is 3.03. The molecule has 1 aliphatic rings. The van der Waals surface area contributed by atoms with Crippen LogP contribution in [0.5, 0.6) is 5.75 Å². The second-order valence-corrected chi connectivity index (χ2v) is 12.0. The molecule has 0 radical (unpaired) electrons. The van der Waals surface area contributed by atoms with Gasteiger partial charge in [0.1, 0.15) is 5.75 Å². The lowest BCUT2D eigenvalue weighted by atomic mass is 9.96. The third-order valence-electron chi connectivity index (χ3n) is 7.47. The zero-order valence-electron chi connectivity index (χ0n) is 23.2. The van der Waals surface area contributed by atoms with Gasteiger partial charge in [-0.3, -0.25) is 9.69 Å². The molecular weight excluding hydrogens is 534 g/mol. The van der Waals surface area contributed by atoms with Crippen molar-refractivity contribution in [1.82, 2.24) is 14.1 Å². The Kier molecular flexibility index (Phi) is 9.14. The Labute approximate surface area is 242 Å². The number of sulfonamides is 1. The number of hydrogen-bond acceptors (Lipinski definition) is 5. The summed E-state index contributed by atoms with van der Waals surface area (Å²) < 4.78 is 33.9. The van der Waals surface area contributed by atoms with Crippen LogP contribution in [0.15, 0.2) is 120 Å². The Bertz CT molecular complexity index is 1470. The molecule has 7 nitrogen and oxygen atoms in total. The quantitative estimate of drug-likeness (QED) is 0.274. The van der Waals surface area contributed by atoms with Crippen LogP contribution in [-0.4, -0.2) is 68.3 Å². The van der Waals surface area contributed by atoms with Crippen LogP contribution in [-0.2, 0) is 21.4 Å². The Morgan fingerprint density at radius 3 is 1.78 bits per heavy atom. The zero-order chi connectivity index (χ0) is 28.7. The molecule has 0 aliphatic carbocycles. The zero-order valence-corrected chi connectivity index (χ0v) is 24.0. The lowest BCUT2D eigenvalue weighted by molar-refractivity contribution is -0.133. The molecule has 0 bridgehead atoms. The smallest absolute Gasteiger partial charge is 0.243 e. The molecule has 0 aromatic heterocycles. The van der Waals surface area contributed by atoms with Crippen molar-refractivity contribution in [3.8, 4) is 5.75 Å². The van der Waals surface area contributed by atoms with E-state index >= 15 is 0 Å². The minimum Gasteiger partial charge on any atom is -0.497 e. The van der Waals surface area contributed by atoms with Gasteiger partial charge in [0, 0.05) is 32.7 Å². The molecule has 0 saturated carbocycles. The van der Waals surface area contributed by atoms with Crippen LogP contribution < -0.4 is 4.74 Å². The fourth-order valence-corrected chi connectivity index (χ4v) is 6.65. The molecule has 1 heterocycles. The second kappa shape index (κ2) is 13.1. The van der Waals surface area contributed by atoms with Gasteiger partial charge in [0.2, 0.25) is 15.9 Å². The van der Waals surface area contributed by atoms with E-state index in [0.29, 0.717) is 31.9 Å². The topological polar surface area (TPSA) is 70.2 Å². The highest BCUT2D eigenvalue weighted by atomic mass is 32.2. The van der Waals surface area contributed by atoms with Gasteiger partial charge < -0.3 is 9.64 Å². The van der Waals surface area contributed by atoms with Crippen LogP contribution in [0.25, 0.3) is 0 Å². The van der Waals surface area contributed by atoms with Crippen LogP contribution in [0.1, 0.15) is 22.7 Å². The molecule has 8 heteroatoms. The fourth-order valence-electron chi connectivity index (χ4n) is 5.27. The van der Waals surface area contributed by atoms with Crippen molar-refractivity contribution in [3.05, 3.63) is 132 Å². The van der Waals surface area contributed by atoms with Gasteiger partial charge in [0.25, 0.3) is 0 Å². The molecule has 212 valence electrons. The first-order valence-corrected chi connectivity index (χ1v) is 15.2. The maximum atomic E-state index is 13.7. The maximum Gasteiger partial charge on any atom is 0.243 e. The number of rotatable bonds is 10. The van der Waals surface area contributed by atoms with Crippen molar-refractivity contribution in [2.75, 3.05) is 39.8 Å². The molecule has 1 aliphatic heterocycles. The molecule has 1 saturated heterocycles. The third kappa shape index (κ3) is 6.85. The van der Waals surface area contributed by atoms with Crippen LogP contribution in [0.3, 0.4) is 0 Å². The molecule has 0 spiro atoms. The third-order valence-corrected chi connectivity index (χ3v) is 9.28. The number of nitrogens with zero attached hydrogens (tertiary/aromatic N) is 3. The summed E-state index contributed by atoms with van der Waals surface area (Å²) >= 11 is 0. The van der Waals surface area contributed by atoms with Gasteiger partial charge in [-0.25, -0.2) is 8.42 Å². The normalized spacial score (nSPS) is 14.4. The average molecular weight is 570 g/mol. The Morgan fingerprint density at radius 1 is 0.756 bits per heavy atom. The summed E-state index contributed by atoms with van der Waals surface area (Å²) in [5, 5.41) is 0. The van der Waals surface area contributed by atoms with E-state index < -0.39 is 10.0 Å². The van der Waals surface area contributed by atoms with E-state index in [2.05, 4.69) is 53.4 Å². The number of ether oxygens (including phenoxy) is 1.